The number of nitrogens with two attached hydrogens (primary N) is 1. The lowest BCUT2D eigenvalue weighted by molar-refractivity contribution is 0.100. The van der Waals surface area contributed by atoms with E-state index in [2.05, 4.69) is 25.8 Å². The predicted octanol–water partition coefficient (Wildman–Crippen LogP) is 4.11. The fourth-order valence-corrected chi connectivity index (χ4v) is 3.69. The van der Waals surface area contributed by atoms with Gasteiger partial charge in [-0.05, 0) is 38.3 Å². The van der Waals surface area contributed by atoms with Crippen LogP contribution in [0.5, 0.6) is 0 Å². The summed E-state index contributed by atoms with van der Waals surface area (Å²) in [4.78, 5) is 2.34. The summed E-state index contributed by atoms with van der Waals surface area (Å²) in [6.07, 6.45) is 5.82. The van der Waals surface area contributed by atoms with Crippen LogP contribution in [0.15, 0.2) is 24.3 Å². The first kappa shape index (κ1) is 16.4. The number of nitrogens with zero attached hydrogens (tertiary/aromatic N) is 1. The number of benzene rings is 1. The molecule has 1 aliphatic rings. The van der Waals surface area contributed by atoms with Gasteiger partial charge in [0.1, 0.15) is 5.82 Å². The summed E-state index contributed by atoms with van der Waals surface area (Å²) in [5.41, 5.74) is 7.10. The molecule has 0 aliphatic heterocycles. The molecule has 1 saturated carbocycles. The second kappa shape index (κ2) is 7.37. The summed E-state index contributed by atoms with van der Waals surface area (Å²) in [6, 6.07) is 7.52. The van der Waals surface area contributed by atoms with Crippen molar-refractivity contribution in [2.24, 2.45) is 11.7 Å². The van der Waals surface area contributed by atoms with Crippen molar-refractivity contribution in [1.29, 1.82) is 0 Å². The van der Waals surface area contributed by atoms with Gasteiger partial charge in [-0.25, -0.2) is 4.39 Å². The van der Waals surface area contributed by atoms with E-state index in [9.17, 15) is 4.39 Å². The fourth-order valence-electron chi connectivity index (χ4n) is 3.69. The molecule has 0 spiro atoms. The van der Waals surface area contributed by atoms with E-state index in [0.29, 0.717) is 6.04 Å². The Labute approximate surface area is 128 Å². The third kappa shape index (κ3) is 3.83. The van der Waals surface area contributed by atoms with Gasteiger partial charge in [-0.2, -0.15) is 0 Å². The summed E-state index contributed by atoms with van der Waals surface area (Å²) in [7, 11) is 2.12. The molecule has 2 nitrogen and oxygen atoms in total. The van der Waals surface area contributed by atoms with Crippen LogP contribution in [0, 0.1) is 11.7 Å². The van der Waals surface area contributed by atoms with E-state index >= 15 is 0 Å². The molecule has 118 valence electrons. The van der Waals surface area contributed by atoms with E-state index in [1.807, 2.05) is 12.1 Å². The Kier molecular flexibility index (Phi) is 5.77. The van der Waals surface area contributed by atoms with Crippen LogP contribution in [-0.4, -0.2) is 24.0 Å². The molecule has 0 amide bonds. The fraction of sp³-hybridized carbons (Fsp3) is 0.667. The summed E-state index contributed by atoms with van der Waals surface area (Å²) in [5.74, 6) is 0.618. The standard InChI is InChI=1S/C18H29FN2/c1-4-17(20)18(15-10-5-6-11-16(15)19)21(3)14-9-7-8-13(2)12-14/h5-6,10-11,13-14,17-18H,4,7-9,12,20H2,1-3H3. The van der Waals surface area contributed by atoms with Gasteiger partial charge < -0.3 is 5.73 Å². The Bertz CT molecular complexity index is 449. The first-order chi connectivity index (χ1) is 10.0. The van der Waals surface area contributed by atoms with Gasteiger partial charge in [-0.15, -0.1) is 0 Å². The monoisotopic (exact) mass is 292 g/mol. The maximum absolute atomic E-state index is 14.3. The Balaban J connectivity index is 2.25. The molecule has 2 N–H and O–H groups in total. The molecule has 1 aromatic carbocycles. The van der Waals surface area contributed by atoms with Gasteiger partial charge in [0.05, 0.1) is 6.04 Å². The maximum Gasteiger partial charge on any atom is 0.128 e. The molecule has 0 heterocycles. The van der Waals surface area contributed by atoms with Gasteiger partial charge in [-0.1, -0.05) is 44.9 Å². The number of likely N-dealkylation sites (N-methyl/N-ethyl adjacent to an activating group) is 1. The second-order valence-corrected chi connectivity index (χ2v) is 6.63. The maximum atomic E-state index is 14.3. The second-order valence-electron chi connectivity index (χ2n) is 6.63. The smallest absolute Gasteiger partial charge is 0.128 e. The largest absolute Gasteiger partial charge is 0.326 e. The third-order valence-electron chi connectivity index (χ3n) is 5.02. The van der Waals surface area contributed by atoms with E-state index in [-0.39, 0.29) is 17.9 Å². The third-order valence-corrected chi connectivity index (χ3v) is 5.02. The van der Waals surface area contributed by atoms with Crippen LogP contribution in [0.1, 0.15) is 57.6 Å². The highest BCUT2D eigenvalue weighted by molar-refractivity contribution is 5.23. The van der Waals surface area contributed by atoms with Gasteiger partial charge in [0.15, 0.2) is 0 Å². The van der Waals surface area contributed by atoms with Crippen LogP contribution < -0.4 is 5.73 Å². The molecular weight excluding hydrogens is 263 g/mol. The predicted molar refractivity (Wildman–Crippen MR) is 86.6 cm³/mol. The van der Waals surface area contributed by atoms with Crippen molar-refractivity contribution < 1.29 is 4.39 Å². The zero-order valence-corrected chi connectivity index (χ0v) is 13.6. The Morgan fingerprint density at radius 2 is 2.05 bits per heavy atom. The molecule has 4 unspecified atom stereocenters. The van der Waals surface area contributed by atoms with Crippen molar-refractivity contribution in [3.63, 3.8) is 0 Å². The molecule has 0 radical (unpaired) electrons. The number of rotatable bonds is 5. The lowest BCUT2D eigenvalue weighted by atomic mass is 9.84. The van der Waals surface area contributed by atoms with Crippen molar-refractivity contribution >= 4 is 0 Å². The van der Waals surface area contributed by atoms with Crippen molar-refractivity contribution in [1.82, 2.24) is 4.90 Å². The average molecular weight is 292 g/mol. The highest BCUT2D eigenvalue weighted by Crippen LogP contribution is 2.34. The molecule has 1 aromatic rings. The van der Waals surface area contributed by atoms with E-state index in [1.54, 1.807) is 12.1 Å². The van der Waals surface area contributed by atoms with Gasteiger partial charge in [0, 0.05) is 17.6 Å². The average Bonchev–Trinajstić information content (AvgIpc) is 2.49. The van der Waals surface area contributed by atoms with E-state index in [0.717, 1.165) is 17.9 Å². The molecule has 21 heavy (non-hydrogen) atoms. The van der Waals surface area contributed by atoms with Crippen LogP contribution >= 0.6 is 0 Å². The molecule has 1 aliphatic carbocycles. The quantitative estimate of drug-likeness (QED) is 0.884. The number of hydrogen-bond donors (Lipinski definition) is 1. The van der Waals surface area contributed by atoms with Crippen LogP contribution in [0.25, 0.3) is 0 Å². The van der Waals surface area contributed by atoms with Gasteiger partial charge >= 0.3 is 0 Å². The van der Waals surface area contributed by atoms with Crippen LogP contribution in [-0.2, 0) is 0 Å². The van der Waals surface area contributed by atoms with Crippen molar-refractivity contribution in [2.75, 3.05) is 7.05 Å². The first-order valence-electron chi connectivity index (χ1n) is 8.26. The van der Waals surface area contributed by atoms with E-state index in [4.69, 9.17) is 5.73 Å². The Morgan fingerprint density at radius 3 is 2.67 bits per heavy atom. The number of hydrogen-bond acceptors (Lipinski definition) is 2. The molecular formula is C18H29FN2. The molecule has 0 saturated heterocycles. The minimum Gasteiger partial charge on any atom is -0.326 e. The van der Waals surface area contributed by atoms with Crippen molar-refractivity contribution in [3.05, 3.63) is 35.6 Å². The summed E-state index contributed by atoms with van der Waals surface area (Å²) in [6.45, 7) is 4.40. The van der Waals surface area contributed by atoms with Gasteiger partial charge in [0.2, 0.25) is 0 Å². The van der Waals surface area contributed by atoms with Gasteiger partial charge in [0.25, 0.3) is 0 Å². The lowest BCUT2D eigenvalue weighted by Crippen LogP contribution is -2.45. The topological polar surface area (TPSA) is 29.3 Å². The van der Waals surface area contributed by atoms with Crippen molar-refractivity contribution in [3.8, 4) is 0 Å². The minimum absolute atomic E-state index is 0.0356. The van der Waals surface area contributed by atoms with Crippen molar-refractivity contribution in [2.45, 2.75) is 64.1 Å². The molecule has 3 heteroatoms. The SMILES string of the molecule is CCC(N)C(c1ccccc1F)N(C)C1CCCC(C)C1. The molecule has 4 atom stereocenters. The molecule has 0 bridgehead atoms. The summed E-state index contributed by atoms with van der Waals surface area (Å²) >= 11 is 0. The Hall–Kier alpha value is -0.930. The normalized spacial score (nSPS) is 25.8. The molecule has 2 rings (SSSR count). The minimum atomic E-state index is -0.137. The molecule has 0 aromatic heterocycles. The highest BCUT2D eigenvalue weighted by Gasteiger charge is 2.32. The van der Waals surface area contributed by atoms with E-state index < -0.39 is 0 Å². The lowest BCUT2D eigenvalue weighted by Gasteiger charge is -2.41. The highest BCUT2D eigenvalue weighted by atomic mass is 19.1. The van der Waals surface area contributed by atoms with Crippen LogP contribution in [0.4, 0.5) is 4.39 Å². The Morgan fingerprint density at radius 1 is 1.33 bits per heavy atom. The van der Waals surface area contributed by atoms with Crippen LogP contribution in [0.2, 0.25) is 0 Å². The molecule has 1 fully saturated rings. The zero-order chi connectivity index (χ0) is 15.4. The zero-order valence-electron chi connectivity index (χ0n) is 13.6. The van der Waals surface area contributed by atoms with E-state index in [1.165, 1.54) is 25.7 Å². The summed E-state index contributed by atoms with van der Waals surface area (Å²) < 4.78 is 14.3. The van der Waals surface area contributed by atoms with Gasteiger partial charge in [-0.3, -0.25) is 4.90 Å². The van der Waals surface area contributed by atoms with Crippen LogP contribution in [0.3, 0.4) is 0 Å². The number of halogens is 1. The summed E-state index contributed by atoms with van der Waals surface area (Å²) in [5, 5.41) is 0. The first-order valence-corrected chi connectivity index (χ1v) is 8.26.